The Morgan fingerprint density at radius 2 is 1.80 bits per heavy atom. The predicted molar refractivity (Wildman–Crippen MR) is 79.5 cm³/mol. The molecular weight excluding hydrogens is 284 g/mol. The maximum Gasteiger partial charge on any atom is 0.337 e. The Morgan fingerprint density at radius 3 is 2.20 bits per heavy atom. The molecule has 0 bridgehead atoms. The molecule has 0 aromatic heterocycles. The van der Waals surface area contributed by atoms with Crippen LogP contribution in [0.4, 0.5) is 0 Å². The van der Waals surface area contributed by atoms with Crippen molar-refractivity contribution in [2.75, 3.05) is 6.54 Å². The molecule has 0 aromatic rings. The van der Waals surface area contributed by atoms with Crippen molar-refractivity contribution in [1.82, 2.24) is 5.32 Å². The molecule has 0 aliphatic carbocycles. The van der Waals surface area contributed by atoms with Crippen LogP contribution in [0.2, 0.25) is 0 Å². The maximum atomic E-state index is 11.7. The lowest BCUT2D eigenvalue weighted by Gasteiger charge is -2.25. The molecule has 20 heavy (non-hydrogen) atoms. The fourth-order valence-corrected chi connectivity index (χ4v) is 1.65. The minimum absolute atomic E-state index is 0. The lowest BCUT2D eigenvalue weighted by molar-refractivity contribution is -0.159. The fourth-order valence-electron chi connectivity index (χ4n) is 1.65. The second-order valence-electron chi connectivity index (χ2n) is 5.27. The topological polar surface area (TPSA) is 102 Å². The molecule has 0 aromatic carbocycles. The first-order valence-electron chi connectivity index (χ1n) is 6.65. The van der Waals surface area contributed by atoms with Crippen LogP contribution >= 0.6 is 12.4 Å². The van der Waals surface area contributed by atoms with E-state index in [1.54, 1.807) is 13.8 Å². The molecule has 0 aliphatic heterocycles. The smallest absolute Gasteiger partial charge is 0.337 e. The zero-order valence-corrected chi connectivity index (χ0v) is 13.4. The molecule has 0 radical (unpaired) electrons. The summed E-state index contributed by atoms with van der Waals surface area (Å²) < 4.78 is 4.95. The van der Waals surface area contributed by atoms with Gasteiger partial charge in [-0.05, 0) is 26.2 Å². The molecule has 0 saturated heterocycles. The number of ether oxygens (including phenoxy) is 1. The van der Waals surface area contributed by atoms with E-state index >= 15 is 0 Å². The molecule has 0 fully saturated rings. The van der Waals surface area contributed by atoms with Gasteiger partial charge < -0.3 is 20.9 Å². The summed E-state index contributed by atoms with van der Waals surface area (Å²) in [6, 6.07) is -0.648. The molecule has 120 valence electrons. The molecule has 4 N–H and O–H groups in total. The van der Waals surface area contributed by atoms with Gasteiger partial charge in [0.2, 0.25) is 5.91 Å². The van der Waals surface area contributed by atoms with Crippen LogP contribution in [0.15, 0.2) is 0 Å². The molecule has 1 amide bonds. The second-order valence-corrected chi connectivity index (χ2v) is 5.27. The third-order valence-corrected chi connectivity index (χ3v) is 2.42. The Bertz CT molecular complexity index is 298. The number of halogens is 1. The third-order valence-electron chi connectivity index (χ3n) is 2.42. The Labute approximate surface area is 126 Å². The van der Waals surface area contributed by atoms with Crippen molar-refractivity contribution in [3.63, 3.8) is 0 Å². The van der Waals surface area contributed by atoms with Gasteiger partial charge in [-0.2, -0.15) is 0 Å². The van der Waals surface area contributed by atoms with Crippen LogP contribution < -0.4 is 11.1 Å². The van der Waals surface area contributed by atoms with Gasteiger partial charge in [-0.25, -0.2) is 4.79 Å². The van der Waals surface area contributed by atoms with E-state index in [0.29, 0.717) is 6.42 Å². The molecule has 0 heterocycles. The van der Waals surface area contributed by atoms with Crippen molar-refractivity contribution in [2.45, 2.75) is 58.8 Å². The van der Waals surface area contributed by atoms with Crippen LogP contribution in [0.1, 0.15) is 40.5 Å². The largest absolute Gasteiger partial charge is 0.461 e. The molecule has 0 rings (SSSR count). The molecule has 7 heteroatoms. The minimum atomic E-state index is -1.36. The van der Waals surface area contributed by atoms with Gasteiger partial charge in [0.25, 0.3) is 0 Å². The van der Waals surface area contributed by atoms with Crippen molar-refractivity contribution in [3.05, 3.63) is 0 Å². The molecule has 0 saturated carbocycles. The first-order valence-corrected chi connectivity index (χ1v) is 6.65. The van der Waals surface area contributed by atoms with Crippen LogP contribution in [0.5, 0.6) is 0 Å². The van der Waals surface area contributed by atoms with Gasteiger partial charge in [-0.15, -0.1) is 12.4 Å². The summed E-state index contributed by atoms with van der Waals surface area (Å²) in [4.78, 5) is 23.2. The summed E-state index contributed by atoms with van der Waals surface area (Å²) in [6.07, 6.45) is -1.00. The number of esters is 1. The highest BCUT2D eigenvalue weighted by Gasteiger charge is 2.29. The highest BCUT2D eigenvalue weighted by atomic mass is 35.5. The van der Waals surface area contributed by atoms with Gasteiger partial charge in [0.1, 0.15) is 0 Å². The standard InChI is InChI=1S/C13H26N2O4.ClH/c1-8(2)7-10(15-11(16)5-6-14)12(17)13(18)19-9(3)4;/h8-10,12,17H,5-7,14H2,1-4H3,(H,15,16);1H/t10-,12?;/m0./s1. The van der Waals surface area contributed by atoms with E-state index in [-0.39, 0.29) is 43.3 Å². The Balaban J connectivity index is 0. The number of aliphatic hydroxyl groups is 1. The summed E-state index contributed by atoms with van der Waals surface area (Å²) in [7, 11) is 0. The minimum Gasteiger partial charge on any atom is -0.461 e. The van der Waals surface area contributed by atoms with Gasteiger partial charge in [-0.1, -0.05) is 13.8 Å². The summed E-state index contributed by atoms with van der Waals surface area (Å²) in [6.45, 7) is 7.53. The van der Waals surface area contributed by atoms with E-state index in [2.05, 4.69) is 5.32 Å². The molecule has 1 unspecified atom stereocenters. The van der Waals surface area contributed by atoms with Crippen molar-refractivity contribution in [1.29, 1.82) is 0 Å². The summed E-state index contributed by atoms with van der Waals surface area (Å²) in [5.41, 5.74) is 5.29. The molecule has 6 nitrogen and oxygen atoms in total. The van der Waals surface area contributed by atoms with Crippen LogP contribution in [0.25, 0.3) is 0 Å². The van der Waals surface area contributed by atoms with Gasteiger partial charge >= 0.3 is 5.97 Å². The third kappa shape index (κ3) is 9.12. The lowest BCUT2D eigenvalue weighted by atomic mass is 9.99. The first kappa shape index (κ1) is 21.4. The van der Waals surface area contributed by atoms with Crippen molar-refractivity contribution >= 4 is 24.3 Å². The van der Waals surface area contributed by atoms with E-state index in [1.807, 2.05) is 13.8 Å². The second kappa shape index (κ2) is 10.9. The Kier molecular flexibility index (Phi) is 11.7. The number of carbonyl (C=O) groups excluding carboxylic acids is 2. The van der Waals surface area contributed by atoms with Crippen LogP contribution in [0, 0.1) is 5.92 Å². The number of amides is 1. The van der Waals surface area contributed by atoms with E-state index in [9.17, 15) is 14.7 Å². The quantitative estimate of drug-likeness (QED) is 0.570. The maximum absolute atomic E-state index is 11.7. The number of hydrogen-bond acceptors (Lipinski definition) is 5. The van der Waals surface area contributed by atoms with Crippen molar-refractivity contribution in [2.24, 2.45) is 11.7 Å². The van der Waals surface area contributed by atoms with E-state index in [0.717, 1.165) is 0 Å². The van der Waals surface area contributed by atoms with Gasteiger partial charge in [-0.3, -0.25) is 4.79 Å². The van der Waals surface area contributed by atoms with E-state index in [1.165, 1.54) is 0 Å². The fraction of sp³-hybridized carbons (Fsp3) is 0.846. The zero-order valence-electron chi connectivity index (χ0n) is 12.6. The highest BCUT2D eigenvalue weighted by Crippen LogP contribution is 2.11. The summed E-state index contributed by atoms with van der Waals surface area (Å²) in [5.74, 6) is -0.761. The van der Waals surface area contributed by atoms with Crippen LogP contribution in [0.3, 0.4) is 0 Å². The Hall–Kier alpha value is -0.850. The molecule has 0 aliphatic rings. The van der Waals surface area contributed by atoms with Crippen molar-refractivity contribution in [3.8, 4) is 0 Å². The molecule has 0 spiro atoms. The van der Waals surface area contributed by atoms with Crippen LogP contribution in [-0.4, -0.2) is 41.8 Å². The van der Waals surface area contributed by atoms with E-state index < -0.39 is 18.1 Å². The normalized spacial score (nSPS) is 13.6. The number of carbonyl (C=O) groups is 2. The van der Waals surface area contributed by atoms with Gasteiger partial charge in [0.15, 0.2) is 6.10 Å². The van der Waals surface area contributed by atoms with Crippen molar-refractivity contribution < 1.29 is 19.4 Å². The summed E-state index contributed by atoms with van der Waals surface area (Å²) >= 11 is 0. The molecule has 2 atom stereocenters. The highest BCUT2D eigenvalue weighted by molar-refractivity contribution is 5.85. The SMILES string of the molecule is CC(C)C[C@H](NC(=O)CCN)C(O)C(=O)OC(C)C.Cl. The number of rotatable bonds is 8. The average molecular weight is 311 g/mol. The number of nitrogens with one attached hydrogen (secondary N) is 1. The first-order chi connectivity index (χ1) is 8.77. The number of hydrogen-bond donors (Lipinski definition) is 3. The summed E-state index contributed by atoms with van der Waals surface area (Å²) in [5, 5.41) is 12.6. The van der Waals surface area contributed by atoms with Gasteiger partial charge in [0, 0.05) is 13.0 Å². The number of aliphatic hydroxyl groups excluding tert-OH is 1. The monoisotopic (exact) mass is 310 g/mol. The average Bonchev–Trinajstić information content (AvgIpc) is 2.25. The lowest BCUT2D eigenvalue weighted by Crippen LogP contribution is -2.48. The van der Waals surface area contributed by atoms with E-state index in [4.69, 9.17) is 10.5 Å². The zero-order chi connectivity index (χ0) is 15.0. The van der Waals surface area contributed by atoms with Crippen LogP contribution in [-0.2, 0) is 14.3 Å². The predicted octanol–water partition coefficient (Wildman–Crippen LogP) is 0.600. The number of nitrogens with two attached hydrogens (primary N) is 1. The Morgan fingerprint density at radius 1 is 1.25 bits per heavy atom. The molecular formula is C13H27ClN2O4. The van der Waals surface area contributed by atoms with Gasteiger partial charge in [0.05, 0.1) is 12.1 Å².